The SMILES string of the molecule is COc1cc(OC)c(OC)cc1/C=C(/NC(=O)c1ccccc1)C(=O)Nc1cccc(SCC(=O)Nc2nnc(C)s2)c1. The van der Waals surface area contributed by atoms with Crippen molar-refractivity contribution < 1.29 is 28.6 Å². The molecule has 4 aromatic rings. The number of methoxy groups -OCH3 is 3. The Balaban J connectivity index is 1.56. The highest BCUT2D eigenvalue weighted by atomic mass is 32.2. The minimum Gasteiger partial charge on any atom is -0.496 e. The average molecular weight is 620 g/mol. The number of rotatable bonds is 12. The first-order chi connectivity index (χ1) is 20.8. The summed E-state index contributed by atoms with van der Waals surface area (Å²) in [6.45, 7) is 1.81. The van der Waals surface area contributed by atoms with Gasteiger partial charge in [-0.15, -0.1) is 22.0 Å². The van der Waals surface area contributed by atoms with Crippen LogP contribution >= 0.6 is 23.1 Å². The van der Waals surface area contributed by atoms with Crippen molar-refractivity contribution >= 4 is 57.7 Å². The Bertz CT molecular complexity index is 1640. The van der Waals surface area contributed by atoms with Gasteiger partial charge >= 0.3 is 0 Å². The van der Waals surface area contributed by atoms with Crippen molar-refractivity contribution in [2.45, 2.75) is 11.8 Å². The number of hydrogen-bond donors (Lipinski definition) is 3. The van der Waals surface area contributed by atoms with Crippen molar-refractivity contribution in [3.63, 3.8) is 0 Å². The predicted octanol–water partition coefficient (Wildman–Crippen LogP) is 5.01. The number of thioether (sulfide) groups is 1. The van der Waals surface area contributed by atoms with Crippen LogP contribution in [0.4, 0.5) is 10.8 Å². The molecule has 13 heteroatoms. The molecule has 3 aromatic carbocycles. The van der Waals surface area contributed by atoms with E-state index in [1.807, 2.05) is 6.07 Å². The van der Waals surface area contributed by atoms with E-state index in [4.69, 9.17) is 14.2 Å². The van der Waals surface area contributed by atoms with Gasteiger partial charge in [0.15, 0.2) is 11.5 Å². The molecule has 43 heavy (non-hydrogen) atoms. The standard InChI is InChI=1S/C30H29N5O6S2/c1-18-34-35-30(43-18)33-27(36)17-42-22-12-8-11-21(15-22)31-29(38)23(32-28(37)19-9-6-5-7-10-19)13-20-14-25(40-3)26(41-4)16-24(20)39-2/h5-16H,17H2,1-4H3,(H,31,38)(H,32,37)(H,33,35,36)/b23-13+. The third-order valence-corrected chi connectivity index (χ3v) is 7.55. The Labute approximate surface area is 256 Å². The van der Waals surface area contributed by atoms with Crippen molar-refractivity contribution in [3.05, 3.63) is 88.6 Å². The van der Waals surface area contributed by atoms with Gasteiger partial charge in [0.25, 0.3) is 11.8 Å². The molecule has 0 saturated carbocycles. The summed E-state index contributed by atoms with van der Waals surface area (Å²) in [4.78, 5) is 39.7. The predicted molar refractivity (Wildman–Crippen MR) is 167 cm³/mol. The number of ether oxygens (including phenoxy) is 3. The van der Waals surface area contributed by atoms with E-state index in [0.717, 1.165) is 9.90 Å². The van der Waals surface area contributed by atoms with E-state index >= 15 is 0 Å². The minimum absolute atomic E-state index is 0.0378. The largest absolute Gasteiger partial charge is 0.496 e. The molecule has 0 aliphatic carbocycles. The maximum atomic E-state index is 13.6. The molecule has 4 rings (SSSR count). The summed E-state index contributed by atoms with van der Waals surface area (Å²) in [6.07, 6.45) is 1.50. The fourth-order valence-corrected chi connectivity index (χ4v) is 5.14. The van der Waals surface area contributed by atoms with Crippen LogP contribution in [-0.2, 0) is 9.59 Å². The van der Waals surface area contributed by atoms with Gasteiger partial charge in [-0.05, 0) is 49.4 Å². The molecule has 3 N–H and O–H groups in total. The highest BCUT2D eigenvalue weighted by Crippen LogP contribution is 2.35. The van der Waals surface area contributed by atoms with E-state index in [9.17, 15) is 14.4 Å². The van der Waals surface area contributed by atoms with E-state index in [0.29, 0.717) is 39.2 Å². The van der Waals surface area contributed by atoms with Gasteiger partial charge in [0.2, 0.25) is 11.0 Å². The molecule has 0 atom stereocenters. The number of anilines is 2. The normalized spacial score (nSPS) is 10.9. The van der Waals surface area contributed by atoms with Crippen LogP contribution in [-0.4, -0.2) is 55.0 Å². The Morgan fingerprint density at radius 2 is 1.58 bits per heavy atom. The molecule has 0 bridgehead atoms. The first kappa shape index (κ1) is 31.1. The summed E-state index contributed by atoms with van der Waals surface area (Å²) in [5.41, 5.74) is 1.28. The number of nitrogens with one attached hydrogen (secondary N) is 3. The topological polar surface area (TPSA) is 141 Å². The van der Waals surface area contributed by atoms with Crippen LogP contribution in [0.3, 0.4) is 0 Å². The number of amides is 3. The number of aryl methyl sites for hydroxylation is 1. The van der Waals surface area contributed by atoms with Crippen LogP contribution < -0.4 is 30.2 Å². The Hall–Kier alpha value is -4.88. The fraction of sp³-hybridized carbons (Fsp3) is 0.167. The summed E-state index contributed by atoms with van der Waals surface area (Å²) in [7, 11) is 4.48. The van der Waals surface area contributed by atoms with E-state index < -0.39 is 11.8 Å². The lowest BCUT2D eigenvalue weighted by atomic mass is 10.1. The molecule has 0 saturated heterocycles. The van der Waals surface area contributed by atoms with Gasteiger partial charge in [0, 0.05) is 27.8 Å². The van der Waals surface area contributed by atoms with Crippen molar-refractivity contribution in [2.24, 2.45) is 0 Å². The number of carbonyl (C=O) groups is 3. The molecule has 0 aliphatic rings. The van der Waals surface area contributed by atoms with E-state index in [1.54, 1.807) is 67.6 Å². The summed E-state index contributed by atoms with van der Waals surface area (Å²) in [6, 6.07) is 18.8. The van der Waals surface area contributed by atoms with Crippen LogP contribution in [0.1, 0.15) is 20.9 Å². The summed E-state index contributed by atoms with van der Waals surface area (Å²) in [5.74, 6) is 0.115. The second kappa shape index (κ2) is 14.8. The van der Waals surface area contributed by atoms with Crippen LogP contribution in [0.25, 0.3) is 6.08 Å². The highest BCUT2D eigenvalue weighted by molar-refractivity contribution is 8.00. The van der Waals surface area contributed by atoms with Gasteiger partial charge in [0.1, 0.15) is 16.5 Å². The third kappa shape index (κ3) is 8.56. The molecule has 0 fully saturated rings. The Morgan fingerprint density at radius 1 is 0.860 bits per heavy atom. The second-order valence-corrected chi connectivity index (χ2v) is 11.0. The average Bonchev–Trinajstić information content (AvgIpc) is 3.43. The van der Waals surface area contributed by atoms with Crippen LogP contribution in [0.2, 0.25) is 0 Å². The molecule has 11 nitrogen and oxygen atoms in total. The summed E-state index contributed by atoms with van der Waals surface area (Å²) < 4.78 is 16.3. The van der Waals surface area contributed by atoms with E-state index in [2.05, 4.69) is 26.1 Å². The molecule has 0 unspecified atom stereocenters. The zero-order chi connectivity index (χ0) is 30.8. The molecule has 0 spiro atoms. The minimum atomic E-state index is -0.576. The van der Waals surface area contributed by atoms with Crippen LogP contribution in [0.15, 0.2) is 77.3 Å². The molecule has 3 amide bonds. The molecule has 1 heterocycles. The van der Waals surface area contributed by atoms with Crippen molar-refractivity contribution in [1.29, 1.82) is 0 Å². The van der Waals surface area contributed by atoms with E-state index in [1.165, 1.54) is 50.5 Å². The molecule has 0 aliphatic heterocycles. The quantitative estimate of drug-likeness (QED) is 0.147. The lowest BCUT2D eigenvalue weighted by molar-refractivity contribution is -0.114. The first-order valence-corrected chi connectivity index (χ1v) is 14.6. The number of aromatic nitrogens is 2. The smallest absolute Gasteiger partial charge is 0.272 e. The van der Waals surface area contributed by atoms with Gasteiger partial charge in [-0.25, -0.2) is 0 Å². The highest BCUT2D eigenvalue weighted by Gasteiger charge is 2.18. The Kier molecular flexibility index (Phi) is 10.7. The molecular formula is C30H29N5O6S2. The lowest BCUT2D eigenvalue weighted by Gasteiger charge is -2.15. The summed E-state index contributed by atoms with van der Waals surface area (Å²) >= 11 is 2.59. The monoisotopic (exact) mass is 619 g/mol. The van der Waals surface area contributed by atoms with Crippen molar-refractivity contribution in [2.75, 3.05) is 37.7 Å². The molecule has 0 radical (unpaired) electrons. The number of nitrogens with zero attached hydrogens (tertiary/aromatic N) is 2. The van der Waals surface area contributed by atoms with Gasteiger partial charge in [-0.3, -0.25) is 19.7 Å². The van der Waals surface area contributed by atoms with Crippen LogP contribution in [0.5, 0.6) is 17.2 Å². The van der Waals surface area contributed by atoms with Gasteiger partial charge in [-0.1, -0.05) is 35.6 Å². The zero-order valence-electron chi connectivity index (χ0n) is 23.8. The number of carbonyl (C=O) groups excluding carboxylic acids is 3. The van der Waals surface area contributed by atoms with Gasteiger partial charge < -0.3 is 24.8 Å². The second-order valence-electron chi connectivity index (χ2n) is 8.77. The molecule has 1 aromatic heterocycles. The zero-order valence-corrected chi connectivity index (χ0v) is 25.4. The van der Waals surface area contributed by atoms with Gasteiger partial charge in [-0.2, -0.15) is 0 Å². The van der Waals surface area contributed by atoms with Gasteiger partial charge in [0.05, 0.1) is 27.1 Å². The van der Waals surface area contributed by atoms with Crippen molar-refractivity contribution in [3.8, 4) is 17.2 Å². The van der Waals surface area contributed by atoms with Crippen molar-refractivity contribution in [1.82, 2.24) is 15.5 Å². The summed E-state index contributed by atoms with van der Waals surface area (Å²) in [5, 5.41) is 17.2. The van der Waals surface area contributed by atoms with Crippen LogP contribution in [0, 0.1) is 6.92 Å². The number of benzene rings is 3. The lowest BCUT2D eigenvalue weighted by Crippen LogP contribution is -2.30. The maximum Gasteiger partial charge on any atom is 0.272 e. The third-order valence-electron chi connectivity index (χ3n) is 5.80. The van der Waals surface area contributed by atoms with E-state index in [-0.39, 0.29) is 17.4 Å². The number of hydrogen-bond acceptors (Lipinski definition) is 10. The first-order valence-electron chi connectivity index (χ1n) is 12.8. The fourth-order valence-electron chi connectivity index (χ4n) is 3.78. The molecule has 222 valence electrons. The maximum absolute atomic E-state index is 13.6. The molecular weight excluding hydrogens is 590 g/mol. The Morgan fingerprint density at radius 3 is 2.26 bits per heavy atom.